The van der Waals surface area contributed by atoms with Crippen molar-refractivity contribution in [2.75, 3.05) is 6.54 Å². The molecule has 0 fully saturated rings. The van der Waals surface area contributed by atoms with E-state index in [1.165, 1.54) is 11.2 Å². The zero-order valence-electron chi connectivity index (χ0n) is 18.4. The third-order valence-electron chi connectivity index (χ3n) is 5.14. The Bertz CT molecular complexity index is 1050. The summed E-state index contributed by atoms with van der Waals surface area (Å²) in [5, 5.41) is 0. The first kappa shape index (κ1) is 24.1. The molecule has 0 N–H and O–H groups in total. The maximum absolute atomic E-state index is 13.3. The van der Waals surface area contributed by atoms with Crippen molar-refractivity contribution in [3.63, 3.8) is 0 Å². The number of carbonyl (C=O) groups excluding carboxylic acids is 2. The summed E-state index contributed by atoms with van der Waals surface area (Å²) in [7, 11) is 0. The van der Waals surface area contributed by atoms with Gasteiger partial charge in [0.1, 0.15) is 12.3 Å². The highest BCUT2D eigenvalue weighted by molar-refractivity contribution is 5.96. The standard InChI is InChI=1S/C25H25F3N2O3/c1-18(2)30(24(32)20-10-12-21(13-11-20)25(26,27)28)17-23(31)29(16-22-9-6-14-33-22)15-19-7-4-3-5-8-19/h3-14,18H,15-17H2,1-2H3. The van der Waals surface area contributed by atoms with E-state index in [2.05, 4.69) is 0 Å². The molecule has 5 nitrogen and oxygen atoms in total. The molecule has 0 atom stereocenters. The Labute approximate surface area is 190 Å². The summed E-state index contributed by atoms with van der Waals surface area (Å²) in [6.45, 7) is 3.83. The van der Waals surface area contributed by atoms with Gasteiger partial charge in [0, 0.05) is 18.2 Å². The zero-order valence-corrected chi connectivity index (χ0v) is 18.4. The van der Waals surface area contributed by atoms with E-state index in [-0.39, 0.29) is 30.6 Å². The van der Waals surface area contributed by atoms with Crippen LogP contribution in [-0.4, -0.2) is 34.2 Å². The second-order valence-electron chi connectivity index (χ2n) is 7.92. The van der Waals surface area contributed by atoms with Crippen molar-refractivity contribution >= 4 is 11.8 Å². The number of hydrogen-bond donors (Lipinski definition) is 0. The van der Waals surface area contributed by atoms with Gasteiger partial charge < -0.3 is 14.2 Å². The van der Waals surface area contributed by atoms with Gasteiger partial charge in [0.2, 0.25) is 5.91 Å². The minimum Gasteiger partial charge on any atom is -0.467 e. The van der Waals surface area contributed by atoms with Crippen molar-refractivity contribution in [3.05, 3.63) is 95.4 Å². The van der Waals surface area contributed by atoms with Crippen LogP contribution in [0, 0.1) is 0 Å². The van der Waals surface area contributed by atoms with E-state index in [9.17, 15) is 22.8 Å². The lowest BCUT2D eigenvalue weighted by atomic mass is 10.1. The maximum Gasteiger partial charge on any atom is 0.416 e. The minimum atomic E-state index is -4.49. The Morgan fingerprint density at radius 2 is 1.58 bits per heavy atom. The molecular weight excluding hydrogens is 433 g/mol. The number of alkyl halides is 3. The summed E-state index contributed by atoms with van der Waals surface area (Å²) in [5.74, 6) is -0.210. The van der Waals surface area contributed by atoms with Crippen LogP contribution in [0.1, 0.15) is 41.1 Å². The number of furan rings is 1. The molecule has 0 saturated heterocycles. The van der Waals surface area contributed by atoms with Gasteiger partial charge in [-0.25, -0.2) is 0 Å². The van der Waals surface area contributed by atoms with Crippen LogP contribution in [0.15, 0.2) is 77.4 Å². The van der Waals surface area contributed by atoms with E-state index in [1.807, 2.05) is 30.3 Å². The second-order valence-corrected chi connectivity index (χ2v) is 7.92. The lowest BCUT2D eigenvalue weighted by Gasteiger charge is -2.30. The number of amides is 2. The second kappa shape index (κ2) is 10.4. The molecule has 8 heteroatoms. The minimum absolute atomic E-state index is 0.0881. The Kier molecular flexibility index (Phi) is 7.58. The normalized spacial score (nSPS) is 11.5. The summed E-state index contributed by atoms with van der Waals surface area (Å²) >= 11 is 0. The van der Waals surface area contributed by atoms with Crippen molar-refractivity contribution < 1.29 is 27.2 Å². The van der Waals surface area contributed by atoms with Crippen molar-refractivity contribution in [3.8, 4) is 0 Å². The zero-order chi connectivity index (χ0) is 24.0. The van der Waals surface area contributed by atoms with E-state index in [4.69, 9.17) is 4.42 Å². The smallest absolute Gasteiger partial charge is 0.416 e. The monoisotopic (exact) mass is 458 g/mol. The number of nitrogens with zero attached hydrogens (tertiary/aromatic N) is 2. The van der Waals surface area contributed by atoms with Crippen LogP contribution in [0.2, 0.25) is 0 Å². The SMILES string of the molecule is CC(C)N(CC(=O)N(Cc1ccccc1)Cc1ccco1)C(=O)c1ccc(C(F)(F)F)cc1. The number of benzene rings is 2. The fraction of sp³-hybridized carbons (Fsp3) is 0.280. The molecule has 0 aliphatic heterocycles. The summed E-state index contributed by atoms with van der Waals surface area (Å²) < 4.78 is 43.9. The fourth-order valence-corrected chi connectivity index (χ4v) is 3.33. The molecule has 1 aromatic heterocycles. The van der Waals surface area contributed by atoms with Crippen LogP contribution in [0.3, 0.4) is 0 Å². The first-order valence-electron chi connectivity index (χ1n) is 10.5. The van der Waals surface area contributed by atoms with E-state index in [1.54, 1.807) is 30.9 Å². The van der Waals surface area contributed by atoms with E-state index in [0.29, 0.717) is 12.3 Å². The molecule has 33 heavy (non-hydrogen) atoms. The van der Waals surface area contributed by atoms with Gasteiger partial charge in [-0.2, -0.15) is 13.2 Å². The Hall–Kier alpha value is -3.55. The molecule has 3 rings (SSSR count). The first-order chi connectivity index (χ1) is 15.6. The summed E-state index contributed by atoms with van der Waals surface area (Å²) in [6.07, 6.45) is -2.96. The van der Waals surface area contributed by atoms with Gasteiger partial charge in [0.25, 0.3) is 5.91 Å². The number of halogens is 3. The Balaban J connectivity index is 1.79. The van der Waals surface area contributed by atoms with Gasteiger partial charge in [-0.15, -0.1) is 0 Å². The van der Waals surface area contributed by atoms with Gasteiger partial charge >= 0.3 is 6.18 Å². The molecule has 174 valence electrons. The van der Waals surface area contributed by atoms with Gasteiger partial charge in [0.15, 0.2) is 0 Å². The highest BCUT2D eigenvalue weighted by Gasteiger charge is 2.31. The van der Waals surface area contributed by atoms with Crippen LogP contribution in [-0.2, 0) is 24.1 Å². The third-order valence-corrected chi connectivity index (χ3v) is 5.14. The number of hydrogen-bond acceptors (Lipinski definition) is 3. The molecule has 0 unspecified atom stereocenters. The lowest BCUT2D eigenvalue weighted by Crippen LogP contribution is -2.45. The van der Waals surface area contributed by atoms with Crippen LogP contribution in [0.4, 0.5) is 13.2 Å². The quantitative estimate of drug-likeness (QED) is 0.456. The average molecular weight is 458 g/mol. The molecule has 0 spiro atoms. The number of carbonyl (C=O) groups is 2. The van der Waals surface area contributed by atoms with Crippen LogP contribution >= 0.6 is 0 Å². The Morgan fingerprint density at radius 3 is 2.12 bits per heavy atom. The highest BCUT2D eigenvalue weighted by atomic mass is 19.4. The van der Waals surface area contributed by atoms with Gasteiger partial charge in [-0.3, -0.25) is 9.59 Å². The molecule has 0 radical (unpaired) electrons. The largest absolute Gasteiger partial charge is 0.467 e. The highest BCUT2D eigenvalue weighted by Crippen LogP contribution is 2.29. The molecular formula is C25H25F3N2O3. The van der Waals surface area contributed by atoms with E-state index < -0.39 is 17.6 Å². The van der Waals surface area contributed by atoms with E-state index in [0.717, 1.165) is 29.8 Å². The van der Waals surface area contributed by atoms with Gasteiger partial charge in [0.05, 0.1) is 18.4 Å². The molecule has 2 aromatic carbocycles. The molecule has 3 aromatic rings. The summed E-state index contributed by atoms with van der Waals surface area (Å²) in [5.41, 5.74) is 0.173. The first-order valence-corrected chi connectivity index (χ1v) is 10.5. The third kappa shape index (κ3) is 6.47. The predicted octanol–water partition coefficient (Wildman–Crippen LogP) is 5.38. The molecule has 0 aliphatic carbocycles. The number of rotatable bonds is 8. The maximum atomic E-state index is 13.3. The van der Waals surface area contributed by atoms with Crippen LogP contribution in [0.25, 0.3) is 0 Å². The summed E-state index contributed by atoms with van der Waals surface area (Å²) in [4.78, 5) is 29.2. The predicted molar refractivity (Wildman–Crippen MR) is 117 cm³/mol. The van der Waals surface area contributed by atoms with Gasteiger partial charge in [-0.1, -0.05) is 30.3 Å². The molecule has 1 heterocycles. The molecule has 0 bridgehead atoms. The van der Waals surface area contributed by atoms with Crippen molar-refractivity contribution in [2.45, 2.75) is 39.2 Å². The molecule has 2 amide bonds. The van der Waals surface area contributed by atoms with E-state index >= 15 is 0 Å². The molecule has 0 aliphatic rings. The average Bonchev–Trinajstić information content (AvgIpc) is 3.29. The van der Waals surface area contributed by atoms with Crippen molar-refractivity contribution in [1.82, 2.24) is 9.80 Å². The summed E-state index contributed by atoms with van der Waals surface area (Å²) in [6, 6.07) is 16.6. The van der Waals surface area contributed by atoms with Crippen LogP contribution in [0.5, 0.6) is 0 Å². The lowest BCUT2D eigenvalue weighted by molar-refractivity contribution is -0.137. The topological polar surface area (TPSA) is 53.8 Å². The van der Waals surface area contributed by atoms with Gasteiger partial charge in [-0.05, 0) is 55.8 Å². The van der Waals surface area contributed by atoms with Crippen molar-refractivity contribution in [1.29, 1.82) is 0 Å². The van der Waals surface area contributed by atoms with Crippen LogP contribution < -0.4 is 0 Å². The molecule has 0 saturated carbocycles. The van der Waals surface area contributed by atoms with Crippen molar-refractivity contribution in [2.24, 2.45) is 0 Å². The Morgan fingerprint density at radius 1 is 0.909 bits per heavy atom. The fourth-order valence-electron chi connectivity index (χ4n) is 3.33.